The summed E-state index contributed by atoms with van der Waals surface area (Å²) in [6.45, 7) is 4.73. The second kappa shape index (κ2) is 5.21. The summed E-state index contributed by atoms with van der Waals surface area (Å²) in [4.78, 5) is 15.5. The van der Waals surface area contributed by atoms with Gasteiger partial charge in [0.2, 0.25) is 0 Å². The average molecular weight is 287 g/mol. The zero-order valence-corrected chi connectivity index (χ0v) is 12.1. The molecule has 2 rings (SSSR count). The van der Waals surface area contributed by atoms with Crippen LogP contribution in [0.4, 0.5) is 0 Å². The monoisotopic (exact) mass is 287 g/mol. The predicted molar refractivity (Wildman–Crippen MR) is 73.5 cm³/mol. The van der Waals surface area contributed by atoms with Crippen LogP contribution in [0, 0.1) is 0 Å². The van der Waals surface area contributed by atoms with Crippen molar-refractivity contribution < 1.29 is 14.6 Å². The van der Waals surface area contributed by atoms with Gasteiger partial charge in [-0.15, -0.1) is 24.0 Å². The highest BCUT2D eigenvalue weighted by Crippen LogP contribution is 2.25. The zero-order chi connectivity index (χ0) is 13.3. The van der Waals surface area contributed by atoms with Crippen molar-refractivity contribution in [3.8, 4) is 0 Å². The zero-order valence-electron chi connectivity index (χ0n) is 10.4. The molecule has 4 nitrogen and oxygen atoms in total. The van der Waals surface area contributed by atoms with E-state index in [9.17, 15) is 9.90 Å². The molecular formula is C12H17NO3S2. The highest BCUT2D eigenvalue weighted by Gasteiger charge is 2.35. The number of thiophene rings is 1. The molecule has 1 aliphatic rings. The van der Waals surface area contributed by atoms with Gasteiger partial charge in [-0.3, -0.25) is 4.79 Å². The molecule has 1 atom stereocenters. The van der Waals surface area contributed by atoms with Crippen molar-refractivity contribution >= 4 is 29.9 Å². The molecule has 1 N–H and O–H groups in total. The minimum absolute atomic E-state index is 0.0184. The number of ether oxygens (including phenoxy) is 1. The normalized spacial score (nSPS) is 23.1. The lowest BCUT2D eigenvalue weighted by Gasteiger charge is -2.42. The maximum atomic E-state index is 12.3. The highest BCUT2D eigenvalue weighted by molar-refractivity contribution is 7.80. The van der Waals surface area contributed by atoms with Gasteiger partial charge >= 0.3 is 0 Å². The third kappa shape index (κ3) is 3.06. The lowest BCUT2D eigenvalue weighted by atomic mass is 10.1. The van der Waals surface area contributed by atoms with Gasteiger partial charge in [-0.05, 0) is 19.9 Å². The fourth-order valence-corrected chi connectivity index (χ4v) is 3.25. The number of rotatable bonds is 2. The third-order valence-electron chi connectivity index (χ3n) is 2.77. The molecule has 1 unspecified atom stereocenters. The molecular weight excluding hydrogens is 270 g/mol. The number of carbonyl (C=O) groups is 1. The number of amides is 1. The van der Waals surface area contributed by atoms with E-state index in [4.69, 9.17) is 4.74 Å². The largest absolute Gasteiger partial charge is 0.394 e. The van der Waals surface area contributed by atoms with Crippen molar-refractivity contribution in [2.24, 2.45) is 0 Å². The van der Waals surface area contributed by atoms with Crippen molar-refractivity contribution in [2.45, 2.75) is 30.4 Å². The molecule has 1 aliphatic heterocycles. The van der Waals surface area contributed by atoms with E-state index in [2.05, 4.69) is 12.6 Å². The van der Waals surface area contributed by atoms with Crippen molar-refractivity contribution in [3.05, 3.63) is 16.3 Å². The van der Waals surface area contributed by atoms with Gasteiger partial charge < -0.3 is 14.7 Å². The molecule has 1 saturated heterocycles. The lowest BCUT2D eigenvalue weighted by Crippen LogP contribution is -2.55. The quantitative estimate of drug-likeness (QED) is 0.813. The Bertz CT molecular complexity index is 444. The maximum absolute atomic E-state index is 12.3. The van der Waals surface area contributed by atoms with Crippen molar-refractivity contribution in [1.82, 2.24) is 4.90 Å². The Morgan fingerprint density at radius 3 is 3.00 bits per heavy atom. The van der Waals surface area contributed by atoms with Crippen LogP contribution in [0.15, 0.2) is 16.3 Å². The van der Waals surface area contributed by atoms with E-state index in [1.807, 2.05) is 19.2 Å². The summed E-state index contributed by atoms with van der Waals surface area (Å²) in [7, 11) is 0. The molecule has 6 heteroatoms. The Morgan fingerprint density at radius 2 is 2.44 bits per heavy atom. The minimum Gasteiger partial charge on any atom is -0.394 e. The molecule has 18 heavy (non-hydrogen) atoms. The van der Waals surface area contributed by atoms with E-state index >= 15 is 0 Å². The molecule has 2 heterocycles. The fourth-order valence-electron chi connectivity index (χ4n) is 2.14. The topological polar surface area (TPSA) is 49.8 Å². The smallest absolute Gasteiger partial charge is 0.264 e. The SMILES string of the molecule is CC1(C)CN(C(=O)c2cc(S)cs2)CC(CO)O1. The Kier molecular flexibility index (Phi) is 4.01. The van der Waals surface area contributed by atoms with Crippen LogP contribution < -0.4 is 0 Å². The number of hydrogen-bond acceptors (Lipinski definition) is 5. The van der Waals surface area contributed by atoms with Gasteiger partial charge in [-0.25, -0.2) is 0 Å². The molecule has 0 radical (unpaired) electrons. The second-order valence-electron chi connectivity index (χ2n) is 5.04. The number of thiol groups is 1. The lowest BCUT2D eigenvalue weighted by molar-refractivity contribution is -0.139. The van der Waals surface area contributed by atoms with Crippen molar-refractivity contribution in [2.75, 3.05) is 19.7 Å². The van der Waals surface area contributed by atoms with Crippen LogP contribution in [0.1, 0.15) is 23.5 Å². The number of hydrogen-bond donors (Lipinski definition) is 2. The van der Waals surface area contributed by atoms with Crippen molar-refractivity contribution in [3.63, 3.8) is 0 Å². The first-order valence-corrected chi connectivity index (χ1v) is 7.09. The van der Waals surface area contributed by atoms with E-state index in [1.54, 1.807) is 11.0 Å². The van der Waals surface area contributed by atoms with Crippen LogP contribution >= 0.6 is 24.0 Å². The first-order valence-electron chi connectivity index (χ1n) is 5.77. The first kappa shape index (κ1) is 13.9. The van der Waals surface area contributed by atoms with E-state index in [0.717, 1.165) is 4.90 Å². The molecule has 1 aromatic rings. The fraction of sp³-hybridized carbons (Fsp3) is 0.583. The Morgan fingerprint density at radius 1 is 1.72 bits per heavy atom. The summed E-state index contributed by atoms with van der Waals surface area (Å²) < 4.78 is 5.69. The Balaban J connectivity index is 2.14. The molecule has 0 aromatic carbocycles. The molecule has 1 aromatic heterocycles. The summed E-state index contributed by atoms with van der Waals surface area (Å²) in [5.41, 5.74) is -0.428. The van der Waals surface area contributed by atoms with E-state index in [-0.39, 0.29) is 18.6 Å². The molecule has 0 aliphatic carbocycles. The number of morpholine rings is 1. The number of aliphatic hydroxyl groups excluding tert-OH is 1. The third-order valence-corrected chi connectivity index (χ3v) is 4.12. The van der Waals surface area contributed by atoms with Crippen LogP contribution in [0.2, 0.25) is 0 Å². The average Bonchev–Trinajstić information content (AvgIpc) is 2.72. The van der Waals surface area contributed by atoms with Crippen LogP contribution in [0.25, 0.3) is 0 Å². The van der Waals surface area contributed by atoms with E-state index in [0.29, 0.717) is 18.0 Å². The van der Waals surface area contributed by atoms with Gasteiger partial charge in [-0.1, -0.05) is 0 Å². The molecule has 0 bridgehead atoms. The summed E-state index contributed by atoms with van der Waals surface area (Å²) in [5, 5.41) is 11.1. The number of aliphatic hydroxyl groups is 1. The summed E-state index contributed by atoms with van der Waals surface area (Å²) >= 11 is 5.60. The molecule has 0 spiro atoms. The standard InChI is InChI=1S/C12H17NO3S2/c1-12(2)7-13(4-8(5-14)16-12)11(15)10-3-9(17)6-18-10/h3,6,8,14,17H,4-5,7H2,1-2H3. The Labute approximate surface area is 116 Å². The van der Waals surface area contributed by atoms with Gasteiger partial charge in [0, 0.05) is 23.4 Å². The summed E-state index contributed by atoms with van der Waals surface area (Å²) in [6, 6.07) is 1.77. The second-order valence-corrected chi connectivity index (χ2v) is 6.46. The van der Waals surface area contributed by atoms with Crippen LogP contribution in [-0.4, -0.2) is 47.3 Å². The summed E-state index contributed by atoms with van der Waals surface area (Å²) in [5.74, 6) is -0.0184. The van der Waals surface area contributed by atoms with Crippen LogP contribution in [0.3, 0.4) is 0 Å². The van der Waals surface area contributed by atoms with E-state index < -0.39 is 5.60 Å². The predicted octanol–water partition coefficient (Wildman–Crippen LogP) is 1.65. The number of nitrogens with zero attached hydrogens (tertiary/aromatic N) is 1. The number of carbonyl (C=O) groups excluding carboxylic acids is 1. The van der Waals surface area contributed by atoms with E-state index in [1.165, 1.54) is 11.3 Å². The van der Waals surface area contributed by atoms with Gasteiger partial charge in [0.25, 0.3) is 5.91 Å². The van der Waals surface area contributed by atoms with Crippen LogP contribution in [-0.2, 0) is 4.74 Å². The first-order chi connectivity index (χ1) is 8.41. The molecule has 1 amide bonds. The van der Waals surface area contributed by atoms with Crippen LogP contribution in [0.5, 0.6) is 0 Å². The molecule has 100 valence electrons. The van der Waals surface area contributed by atoms with Gasteiger partial charge in [0.05, 0.1) is 23.2 Å². The minimum atomic E-state index is -0.428. The molecule has 0 saturated carbocycles. The molecule has 1 fully saturated rings. The summed E-state index contributed by atoms with van der Waals surface area (Å²) in [6.07, 6.45) is -0.312. The highest BCUT2D eigenvalue weighted by atomic mass is 32.1. The van der Waals surface area contributed by atoms with Gasteiger partial charge in [-0.2, -0.15) is 0 Å². The van der Waals surface area contributed by atoms with Crippen molar-refractivity contribution in [1.29, 1.82) is 0 Å². The van der Waals surface area contributed by atoms with Gasteiger partial charge in [0.1, 0.15) is 0 Å². The van der Waals surface area contributed by atoms with Gasteiger partial charge in [0.15, 0.2) is 0 Å². The maximum Gasteiger partial charge on any atom is 0.264 e. The Hall–Kier alpha value is -0.560.